The summed E-state index contributed by atoms with van der Waals surface area (Å²) in [5.41, 5.74) is 7.01. The number of carbonyl (C=O) groups excluding carboxylic acids is 2. The van der Waals surface area contributed by atoms with Crippen LogP contribution in [-0.2, 0) is 13.1 Å². The smallest absolute Gasteiger partial charge is 0.251 e. The number of aromatic nitrogens is 1. The van der Waals surface area contributed by atoms with Crippen LogP contribution in [0, 0.1) is 20.8 Å². The summed E-state index contributed by atoms with van der Waals surface area (Å²) in [5, 5.41) is 12.9. The van der Waals surface area contributed by atoms with Gasteiger partial charge < -0.3 is 25.2 Å². The summed E-state index contributed by atoms with van der Waals surface area (Å²) in [7, 11) is 1.59. The number of nitrogens with one attached hydrogen (secondary N) is 3. The largest absolute Gasteiger partial charge is 0.494 e. The molecule has 0 aliphatic carbocycles. The van der Waals surface area contributed by atoms with Crippen LogP contribution in [0.4, 0.5) is 5.82 Å². The Labute approximate surface area is 228 Å². The highest BCUT2D eigenvalue weighted by atomic mass is 16.5. The first-order chi connectivity index (χ1) is 18.8. The topological polar surface area (TPSA) is 105 Å². The molecule has 4 aromatic rings. The standard InChI is InChI=1S/C31H34N4O4/c1-6-38-28-12-19(2)27(11-20(28)3)25-14-23(18-33-29-13-21(4)39-35-29)15-26(16-25)31(37)34-17-22-7-9-24(10-8-22)30(36)32-5/h7-16H,6,17-18H2,1-5H3,(H,32,36)(H,33,35)(H,34,37). The molecular formula is C31H34N4O4. The van der Waals surface area contributed by atoms with Gasteiger partial charge in [-0.15, -0.1) is 0 Å². The third kappa shape index (κ3) is 6.84. The maximum atomic E-state index is 13.3. The minimum absolute atomic E-state index is 0.149. The molecule has 0 saturated heterocycles. The van der Waals surface area contributed by atoms with Crippen molar-refractivity contribution < 1.29 is 18.8 Å². The monoisotopic (exact) mass is 526 g/mol. The molecule has 3 N–H and O–H groups in total. The van der Waals surface area contributed by atoms with E-state index in [1.54, 1.807) is 19.2 Å². The zero-order valence-corrected chi connectivity index (χ0v) is 23.0. The van der Waals surface area contributed by atoms with Gasteiger partial charge in [0, 0.05) is 37.3 Å². The Morgan fingerprint density at radius 2 is 1.62 bits per heavy atom. The van der Waals surface area contributed by atoms with Gasteiger partial charge in [-0.2, -0.15) is 0 Å². The molecule has 1 aromatic heterocycles. The number of nitrogens with zero attached hydrogens (tertiary/aromatic N) is 1. The molecule has 39 heavy (non-hydrogen) atoms. The van der Waals surface area contributed by atoms with Gasteiger partial charge >= 0.3 is 0 Å². The molecule has 0 unspecified atom stereocenters. The van der Waals surface area contributed by atoms with Crippen molar-refractivity contribution in [2.45, 2.75) is 40.8 Å². The van der Waals surface area contributed by atoms with Crippen LogP contribution < -0.4 is 20.7 Å². The van der Waals surface area contributed by atoms with E-state index in [4.69, 9.17) is 9.26 Å². The predicted octanol–water partition coefficient (Wildman–Crippen LogP) is 5.57. The highest BCUT2D eigenvalue weighted by Gasteiger charge is 2.14. The van der Waals surface area contributed by atoms with Gasteiger partial charge in [0.05, 0.1) is 6.61 Å². The lowest BCUT2D eigenvalue weighted by Crippen LogP contribution is -2.23. The van der Waals surface area contributed by atoms with Crippen LogP contribution in [0.5, 0.6) is 5.75 Å². The molecule has 2 amide bonds. The van der Waals surface area contributed by atoms with E-state index >= 15 is 0 Å². The Morgan fingerprint density at radius 3 is 2.28 bits per heavy atom. The molecule has 8 nitrogen and oxygen atoms in total. The van der Waals surface area contributed by atoms with E-state index in [1.165, 1.54) is 0 Å². The van der Waals surface area contributed by atoms with Gasteiger partial charge in [-0.1, -0.05) is 17.3 Å². The second-order valence-corrected chi connectivity index (χ2v) is 9.42. The van der Waals surface area contributed by atoms with Gasteiger partial charge in [0.1, 0.15) is 11.5 Å². The van der Waals surface area contributed by atoms with Crippen LogP contribution in [0.25, 0.3) is 11.1 Å². The highest BCUT2D eigenvalue weighted by molar-refractivity contribution is 5.96. The molecule has 0 aliphatic rings. The van der Waals surface area contributed by atoms with E-state index in [-0.39, 0.29) is 11.8 Å². The number of carbonyl (C=O) groups is 2. The second kappa shape index (κ2) is 12.3. The van der Waals surface area contributed by atoms with Gasteiger partial charge in [-0.3, -0.25) is 9.59 Å². The van der Waals surface area contributed by atoms with Crippen LogP contribution in [0.3, 0.4) is 0 Å². The van der Waals surface area contributed by atoms with Gasteiger partial charge in [-0.25, -0.2) is 0 Å². The molecule has 8 heteroatoms. The summed E-state index contributed by atoms with van der Waals surface area (Å²) in [4.78, 5) is 25.1. The zero-order valence-electron chi connectivity index (χ0n) is 23.0. The lowest BCUT2D eigenvalue weighted by atomic mass is 9.94. The molecule has 0 atom stereocenters. The number of hydrogen-bond acceptors (Lipinski definition) is 6. The molecular weight excluding hydrogens is 492 g/mol. The number of hydrogen-bond donors (Lipinski definition) is 3. The zero-order chi connectivity index (χ0) is 27.9. The molecule has 0 radical (unpaired) electrons. The SMILES string of the molecule is CCOc1cc(C)c(-c2cc(CNc3cc(C)on3)cc(C(=O)NCc3ccc(C(=O)NC)cc3)c2)cc1C. The Bertz CT molecular complexity index is 1470. The average Bonchev–Trinajstić information content (AvgIpc) is 3.37. The first-order valence-corrected chi connectivity index (χ1v) is 12.9. The van der Waals surface area contributed by atoms with E-state index in [1.807, 2.05) is 64.1 Å². The minimum atomic E-state index is -0.189. The molecule has 4 rings (SSSR count). The van der Waals surface area contributed by atoms with Crippen LogP contribution in [-0.4, -0.2) is 30.6 Å². The summed E-state index contributed by atoms with van der Waals surface area (Å²) in [6, 6.07) is 19.0. The molecule has 0 saturated carbocycles. The van der Waals surface area contributed by atoms with E-state index in [2.05, 4.69) is 33.2 Å². The summed E-state index contributed by atoms with van der Waals surface area (Å²) in [5.74, 6) is 1.88. The van der Waals surface area contributed by atoms with Crippen LogP contribution in [0.1, 0.15) is 55.7 Å². The van der Waals surface area contributed by atoms with Crippen molar-refractivity contribution in [3.05, 3.63) is 99.8 Å². The summed E-state index contributed by atoms with van der Waals surface area (Å²) >= 11 is 0. The Kier molecular flexibility index (Phi) is 8.66. The summed E-state index contributed by atoms with van der Waals surface area (Å²) < 4.78 is 10.9. The van der Waals surface area contributed by atoms with Gasteiger partial charge in [-0.05, 0) is 104 Å². The van der Waals surface area contributed by atoms with E-state index in [0.29, 0.717) is 36.6 Å². The summed E-state index contributed by atoms with van der Waals surface area (Å²) in [6.07, 6.45) is 0. The third-order valence-corrected chi connectivity index (χ3v) is 6.39. The third-order valence-electron chi connectivity index (χ3n) is 6.39. The normalized spacial score (nSPS) is 10.7. The fraction of sp³-hybridized carbons (Fsp3) is 0.258. The number of aryl methyl sites for hydroxylation is 3. The van der Waals surface area contributed by atoms with Gasteiger partial charge in [0.15, 0.2) is 5.82 Å². The van der Waals surface area contributed by atoms with Crippen LogP contribution >= 0.6 is 0 Å². The first kappa shape index (κ1) is 27.4. The predicted molar refractivity (Wildman–Crippen MR) is 152 cm³/mol. The maximum absolute atomic E-state index is 13.3. The molecule has 1 heterocycles. The van der Waals surface area contributed by atoms with Crippen molar-refractivity contribution in [1.82, 2.24) is 15.8 Å². The van der Waals surface area contributed by atoms with E-state index in [0.717, 1.165) is 44.9 Å². The van der Waals surface area contributed by atoms with Crippen molar-refractivity contribution in [2.75, 3.05) is 19.0 Å². The van der Waals surface area contributed by atoms with Crippen molar-refractivity contribution in [1.29, 1.82) is 0 Å². The van der Waals surface area contributed by atoms with Crippen molar-refractivity contribution >= 4 is 17.6 Å². The number of ether oxygens (including phenoxy) is 1. The van der Waals surface area contributed by atoms with E-state index < -0.39 is 0 Å². The molecule has 202 valence electrons. The van der Waals surface area contributed by atoms with Crippen molar-refractivity contribution in [3.8, 4) is 16.9 Å². The Balaban J connectivity index is 1.60. The molecule has 0 fully saturated rings. The van der Waals surface area contributed by atoms with Gasteiger partial charge in [0.25, 0.3) is 11.8 Å². The van der Waals surface area contributed by atoms with Crippen molar-refractivity contribution in [2.24, 2.45) is 0 Å². The van der Waals surface area contributed by atoms with E-state index in [9.17, 15) is 9.59 Å². The lowest BCUT2D eigenvalue weighted by molar-refractivity contribution is 0.0946. The Hall–Kier alpha value is -4.59. The van der Waals surface area contributed by atoms with Crippen molar-refractivity contribution in [3.63, 3.8) is 0 Å². The highest BCUT2D eigenvalue weighted by Crippen LogP contribution is 2.32. The molecule has 0 bridgehead atoms. The minimum Gasteiger partial charge on any atom is -0.494 e. The van der Waals surface area contributed by atoms with Crippen LogP contribution in [0.2, 0.25) is 0 Å². The molecule has 3 aromatic carbocycles. The lowest BCUT2D eigenvalue weighted by Gasteiger charge is -2.15. The van der Waals surface area contributed by atoms with Gasteiger partial charge in [0.2, 0.25) is 0 Å². The number of amides is 2. The molecule has 0 aliphatic heterocycles. The molecule has 0 spiro atoms. The Morgan fingerprint density at radius 1 is 0.846 bits per heavy atom. The fourth-order valence-electron chi connectivity index (χ4n) is 4.34. The average molecular weight is 527 g/mol. The number of anilines is 1. The second-order valence-electron chi connectivity index (χ2n) is 9.42. The quantitative estimate of drug-likeness (QED) is 0.250. The fourth-order valence-corrected chi connectivity index (χ4v) is 4.34. The number of rotatable bonds is 10. The van der Waals surface area contributed by atoms with Crippen LogP contribution in [0.15, 0.2) is 65.2 Å². The summed E-state index contributed by atoms with van der Waals surface area (Å²) in [6.45, 7) is 9.28. The number of benzene rings is 3. The first-order valence-electron chi connectivity index (χ1n) is 12.9. The maximum Gasteiger partial charge on any atom is 0.251 e.